The van der Waals surface area contributed by atoms with E-state index in [4.69, 9.17) is 5.73 Å². The van der Waals surface area contributed by atoms with E-state index in [-0.39, 0.29) is 5.91 Å². The minimum Gasteiger partial charge on any atom is -0.372 e. The number of hydrogen-bond donors (Lipinski definition) is 2. The van der Waals surface area contributed by atoms with E-state index in [0.29, 0.717) is 24.1 Å². The molecule has 0 radical (unpaired) electrons. The van der Waals surface area contributed by atoms with E-state index in [1.54, 1.807) is 18.2 Å². The predicted molar refractivity (Wildman–Crippen MR) is 106 cm³/mol. The zero-order chi connectivity index (χ0) is 18.9. The second-order valence-corrected chi connectivity index (χ2v) is 6.20. The second kappa shape index (κ2) is 9.61. The summed E-state index contributed by atoms with van der Waals surface area (Å²) >= 11 is 0. The fourth-order valence-corrected chi connectivity index (χ4v) is 2.87. The number of benzene rings is 2. The predicted octanol–water partition coefficient (Wildman–Crippen LogP) is 2.99. The lowest BCUT2D eigenvalue weighted by Crippen LogP contribution is -2.26. The summed E-state index contributed by atoms with van der Waals surface area (Å²) in [6.07, 6.45) is 1.73. The van der Waals surface area contributed by atoms with Crippen LogP contribution < -0.4 is 16.0 Å². The Bertz CT molecular complexity index is 741. The lowest BCUT2D eigenvalue weighted by atomic mass is 10.1. The van der Waals surface area contributed by atoms with Crippen LogP contribution in [-0.2, 0) is 6.42 Å². The fourth-order valence-electron chi connectivity index (χ4n) is 2.87. The van der Waals surface area contributed by atoms with Crippen LogP contribution >= 0.6 is 0 Å². The van der Waals surface area contributed by atoms with Gasteiger partial charge in [-0.25, -0.2) is 0 Å². The number of anilines is 1. The van der Waals surface area contributed by atoms with Crippen molar-refractivity contribution in [2.24, 2.45) is 5.73 Å². The molecule has 0 unspecified atom stereocenters. The molecule has 2 amide bonds. The average molecular weight is 353 g/mol. The van der Waals surface area contributed by atoms with Crippen LogP contribution in [0.4, 0.5) is 5.69 Å². The van der Waals surface area contributed by atoms with Crippen LogP contribution in [0.15, 0.2) is 48.5 Å². The quantitative estimate of drug-likeness (QED) is 0.728. The van der Waals surface area contributed by atoms with Gasteiger partial charge in [0, 0.05) is 36.4 Å². The summed E-state index contributed by atoms with van der Waals surface area (Å²) < 4.78 is 0. The molecule has 5 heteroatoms. The van der Waals surface area contributed by atoms with Gasteiger partial charge < -0.3 is 16.0 Å². The molecule has 0 aliphatic rings. The van der Waals surface area contributed by atoms with E-state index in [2.05, 4.69) is 24.1 Å². The van der Waals surface area contributed by atoms with E-state index in [1.165, 1.54) is 0 Å². The Hall–Kier alpha value is -2.82. The van der Waals surface area contributed by atoms with Gasteiger partial charge in [0.2, 0.25) is 5.91 Å². The Morgan fingerprint density at radius 3 is 2.38 bits per heavy atom. The third kappa shape index (κ3) is 5.34. The smallest absolute Gasteiger partial charge is 0.251 e. The Morgan fingerprint density at radius 2 is 1.77 bits per heavy atom. The number of nitrogens with one attached hydrogen (secondary N) is 1. The van der Waals surface area contributed by atoms with Crippen molar-refractivity contribution in [3.8, 4) is 0 Å². The van der Waals surface area contributed by atoms with Gasteiger partial charge in [-0.3, -0.25) is 9.59 Å². The van der Waals surface area contributed by atoms with Crippen molar-refractivity contribution in [3.05, 3.63) is 65.2 Å². The summed E-state index contributed by atoms with van der Waals surface area (Å²) in [7, 11) is 0. The highest BCUT2D eigenvalue weighted by Gasteiger charge is 2.08. The Balaban J connectivity index is 1.90. The summed E-state index contributed by atoms with van der Waals surface area (Å²) in [5, 5.41) is 2.92. The number of primary amides is 1. The Morgan fingerprint density at radius 1 is 1.04 bits per heavy atom. The number of amides is 2. The minimum atomic E-state index is -0.444. The highest BCUT2D eigenvalue weighted by molar-refractivity contribution is 5.94. The maximum Gasteiger partial charge on any atom is 0.251 e. The maximum absolute atomic E-state index is 12.3. The van der Waals surface area contributed by atoms with Crippen molar-refractivity contribution in [1.29, 1.82) is 0 Å². The monoisotopic (exact) mass is 353 g/mol. The highest BCUT2D eigenvalue weighted by Crippen LogP contribution is 2.15. The summed E-state index contributed by atoms with van der Waals surface area (Å²) in [5.41, 5.74) is 8.52. The molecule has 3 N–H and O–H groups in total. The first-order valence-electron chi connectivity index (χ1n) is 9.07. The largest absolute Gasteiger partial charge is 0.372 e. The second-order valence-electron chi connectivity index (χ2n) is 6.20. The van der Waals surface area contributed by atoms with Crippen molar-refractivity contribution >= 4 is 17.5 Å². The van der Waals surface area contributed by atoms with Gasteiger partial charge in [-0.2, -0.15) is 0 Å². The molecule has 0 saturated heterocycles. The molecular weight excluding hydrogens is 326 g/mol. The number of carbonyl (C=O) groups is 2. The number of hydrogen-bond acceptors (Lipinski definition) is 3. The van der Waals surface area contributed by atoms with Gasteiger partial charge in [0.05, 0.1) is 0 Å². The minimum absolute atomic E-state index is 0.0962. The summed E-state index contributed by atoms with van der Waals surface area (Å²) in [5.74, 6) is -0.540. The Kier molecular flexibility index (Phi) is 7.21. The molecule has 2 aromatic carbocycles. The van der Waals surface area contributed by atoms with Gasteiger partial charge in [0.25, 0.3) is 5.91 Å². The van der Waals surface area contributed by atoms with Gasteiger partial charge in [0.15, 0.2) is 0 Å². The molecule has 0 bridgehead atoms. The molecule has 138 valence electrons. The lowest BCUT2D eigenvalue weighted by molar-refractivity contribution is 0.0952. The molecule has 0 spiro atoms. The van der Waals surface area contributed by atoms with E-state index in [1.807, 2.05) is 30.3 Å². The van der Waals surface area contributed by atoms with E-state index in [0.717, 1.165) is 30.8 Å². The number of nitrogens with zero attached hydrogens (tertiary/aromatic N) is 1. The van der Waals surface area contributed by atoms with Crippen molar-refractivity contribution in [2.75, 3.05) is 24.5 Å². The van der Waals surface area contributed by atoms with Crippen LogP contribution in [0.2, 0.25) is 0 Å². The van der Waals surface area contributed by atoms with E-state index in [9.17, 15) is 9.59 Å². The van der Waals surface area contributed by atoms with Crippen LogP contribution in [0.3, 0.4) is 0 Å². The van der Waals surface area contributed by atoms with Crippen molar-refractivity contribution in [3.63, 3.8) is 0 Å². The van der Waals surface area contributed by atoms with Crippen LogP contribution in [0, 0.1) is 0 Å². The Labute approximate surface area is 155 Å². The molecular formula is C21H27N3O2. The molecule has 5 nitrogen and oxygen atoms in total. The number of carbonyl (C=O) groups excluding carboxylic acids is 2. The molecule has 0 saturated carbocycles. The number of nitrogens with two attached hydrogens (primary N) is 1. The molecule has 0 atom stereocenters. The first-order valence-corrected chi connectivity index (χ1v) is 9.07. The van der Waals surface area contributed by atoms with E-state index >= 15 is 0 Å². The first kappa shape index (κ1) is 19.5. The van der Waals surface area contributed by atoms with Gasteiger partial charge in [-0.1, -0.05) is 19.1 Å². The highest BCUT2D eigenvalue weighted by atomic mass is 16.2. The van der Waals surface area contributed by atoms with Crippen molar-refractivity contribution in [1.82, 2.24) is 5.32 Å². The topological polar surface area (TPSA) is 75.4 Å². The van der Waals surface area contributed by atoms with Gasteiger partial charge in [-0.05, 0) is 61.7 Å². The lowest BCUT2D eigenvalue weighted by Gasteiger charge is -2.22. The first-order chi connectivity index (χ1) is 12.5. The molecule has 26 heavy (non-hydrogen) atoms. The third-order valence-electron chi connectivity index (χ3n) is 4.28. The molecule has 2 rings (SSSR count). The zero-order valence-electron chi connectivity index (χ0n) is 15.5. The van der Waals surface area contributed by atoms with Crippen LogP contribution in [0.5, 0.6) is 0 Å². The third-order valence-corrected chi connectivity index (χ3v) is 4.28. The summed E-state index contributed by atoms with van der Waals surface area (Å²) in [6, 6.07) is 14.9. The van der Waals surface area contributed by atoms with Crippen LogP contribution in [0.25, 0.3) is 0 Å². The zero-order valence-corrected chi connectivity index (χ0v) is 15.5. The molecule has 2 aromatic rings. The molecule has 0 aliphatic heterocycles. The van der Waals surface area contributed by atoms with Gasteiger partial charge >= 0.3 is 0 Å². The normalized spacial score (nSPS) is 10.4. The number of rotatable bonds is 9. The molecule has 0 fully saturated rings. The molecule has 0 heterocycles. The van der Waals surface area contributed by atoms with Crippen LogP contribution in [0.1, 0.15) is 46.5 Å². The van der Waals surface area contributed by atoms with Crippen molar-refractivity contribution < 1.29 is 9.59 Å². The average Bonchev–Trinajstić information content (AvgIpc) is 2.66. The van der Waals surface area contributed by atoms with Crippen LogP contribution in [-0.4, -0.2) is 31.4 Å². The molecule has 0 aliphatic carbocycles. The standard InChI is InChI=1S/C21H27N3O2/c1-3-14-24(4-2)19-10-8-17(9-11-19)21(26)23-13-12-16-6-5-7-18(15-16)20(22)25/h5-11,15H,3-4,12-14H2,1-2H3,(H2,22,25)(H,23,26). The van der Waals surface area contributed by atoms with Gasteiger partial charge in [0.1, 0.15) is 0 Å². The summed E-state index contributed by atoms with van der Waals surface area (Å²) in [4.78, 5) is 25.8. The SMILES string of the molecule is CCCN(CC)c1ccc(C(=O)NCCc2cccc(C(N)=O)c2)cc1. The maximum atomic E-state index is 12.3. The van der Waals surface area contributed by atoms with Gasteiger partial charge in [-0.15, -0.1) is 0 Å². The fraction of sp³-hybridized carbons (Fsp3) is 0.333. The van der Waals surface area contributed by atoms with Crippen molar-refractivity contribution in [2.45, 2.75) is 26.7 Å². The van der Waals surface area contributed by atoms with E-state index < -0.39 is 5.91 Å². The molecule has 0 aromatic heterocycles. The summed E-state index contributed by atoms with van der Waals surface area (Å²) in [6.45, 7) is 6.74.